The second-order valence-electron chi connectivity index (χ2n) is 3.92. The van der Waals surface area contributed by atoms with E-state index in [4.69, 9.17) is 13.8 Å². The first-order valence-corrected chi connectivity index (χ1v) is 6.79. The van der Waals surface area contributed by atoms with Gasteiger partial charge in [-0.1, -0.05) is 18.2 Å². The predicted octanol–water partition coefficient (Wildman–Crippen LogP) is 2.27. The Balaban J connectivity index is 2.06. The fourth-order valence-electron chi connectivity index (χ4n) is 1.87. The van der Waals surface area contributed by atoms with Crippen LogP contribution >= 0.6 is 0 Å². The summed E-state index contributed by atoms with van der Waals surface area (Å²) in [5.74, 6) is 0.247. The average molecular weight is 279 g/mol. The van der Waals surface area contributed by atoms with Gasteiger partial charge in [-0.25, -0.2) is 0 Å². The average Bonchev–Trinajstić information content (AvgIpc) is 2.73. The topological polar surface area (TPSA) is 88.8 Å². The summed E-state index contributed by atoms with van der Waals surface area (Å²) in [5.41, 5.74) is 1.40. The highest BCUT2D eigenvalue weighted by atomic mass is 32.2. The van der Waals surface area contributed by atoms with E-state index in [2.05, 4.69) is 0 Å². The lowest BCUT2D eigenvalue weighted by Crippen LogP contribution is -2.25. The third kappa shape index (κ3) is 2.39. The van der Waals surface area contributed by atoms with Crippen molar-refractivity contribution in [2.24, 2.45) is 0 Å². The zero-order chi connectivity index (χ0) is 13.5. The van der Waals surface area contributed by atoms with E-state index in [0.29, 0.717) is 5.58 Å². The van der Waals surface area contributed by atoms with Gasteiger partial charge < -0.3 is 9.25 Å². The van der Waals surface area contributed by atoms with E-state index < -0.39 is 10.3 Å². The van der Waals surface area contributed by atoms with Crippen LogP contribution in [0.4, 0.5) is 0 Å². The van der Waals surface area contributed by atoms with Crippen LogP contribution in [0.2, 0.25) is 0 Å². The van der Waals surface area contributed by atoms with Crippen molar-refractivity contribution in [3.63, 3.8) is 0 Å². The van der Waals surface area contributed by atoms with Gasteiger partial charge in [0.15, 0.2) is 0 Å². The fraction of sp³-hybridized carbons (Fsp3) is 0. The number of nitrogens with one attached hydrogen (secondary N) is 1. The van der Waals surface area contributed by atoms with Crippen molar-refractivity contribution in [1.82, 2.24) is 4.89 Å². The molecule has 7 heteroatoms. The molecule has 0 fully saturated rings. The zero-order valence-corrected chi connectivity index (χ0v) is 10.3. The maximum absolute atomic E-state index is 10.5. The lowest BCUT2D eigenvalue weighted by molar-refractivity contribution is 0.252. The number of rotatable bonds is 3. The van der Waals surface area contributed by atoms with Crippen LogP contribution in [0.1, 0.15) is 0 Å². The summed E-state index contributed by atoms with van der Waals surface area (Å²) in [5, 5.41) is 1.69. The lowest BCUT2D eigenvalue weighted by Gasteiger charge is -2.03. The van der Waals surface area contributed by atoms with Crippen LogP contribution in [0.5, 0.6) is 5.75 Å². The van der Waals surface area contributed by atoms with Gasteiger partial charge >= 0.3 is 10.3 Å². The number of furan rings is 1. The van der Waals surface area contributed by atoms with Gasteiger partial charge in [-0.05, 0) is 29.2 Å². The van der Waals surface area contributed by atoms with Gasteiger partial charge in [-0.3, -0.25) is 4.55 Å². The Hall–Kier alpha value is -2.09. The third-order valence-corrected chi connectivity index (χ3v) is 2.91. The molecule has 2 N–H and O–H groups in total. The minimum Gasteiger partial charge on any atom is -0.456 e. The largest absolute Gasteiger partial charge is 0.456 e. The van der Waals surface area contributed by atoms with E-state index in [1.807, 2.05) is 24.3 Å². The smallest absolute Gasteiger partial charge is 0.364 e. The number of hydrogen-bond acceptors (Lipinski definition) is 4. The van der Waals surface area contributed by atoms with Crippen LogP contribution in [-0.2, 0) is 10.3 Å². The third-order valence-electron chi connectivity index (χ3n) is 2.61. The van der Waals surface area contributed by atoms with Crippen molar-refractivity contribution in [2.75, 3.05) is 0 Å². The molecule has 3 rings (SSSR count). The predicted molar refractivity (Wildman–Crippen MR) is 69.0 cm³/mol. The van der Waals surface area contributed by atoms with Gasteiger partial charge in [0.25, 0.3) is 0 Å². The molecule has 0 saturated carbocycles. The van der Waals surface area contributed by atoms with E-state index in [1.54, 1.807) is 17.0 Å². The zero-order valence-electron chi connectivity index (χ0n) is 9.53. The molecule has 0 spiro atoms. The first-order chi connectivity index (χ1) is 9.03. The number of benzene rings is 2. The summed E-state index contributed by atoms with van der Waals surface area (Å²) in [6.07, 6.45) is 0. The molecule has 0 amide bonds. The van der Waals surface area contributed by atoms with E-state index >= 15 is 0 Å². The van der Waals surface area contributed by atoms with E-state index in [9.17, 15) is 8.42 Å². The van der Waals surface area contributed by atoms with Crippen LogP contribution in [0.25, 0.3) is 21.9 Å². The summed E-state index contributed by atoms with van der Waals surface area (Å²) in [7, 11) is -4.40. The van der Waals surface area contributed by atoms with Crippen molar-refractivity contribution in [2.45, 2.75) is 0 Å². The monoisotopic (exact) mass is 279 g/mol. The normalized spacial score (nSPS) is 12.1. The maximum atomic E-state index is 10.5. The quantitative estimate of drug-likeness (QED) is 0.567. The SMILES string of the molecule is O=S(=O)(O)NOc1ccc2oc3ccccc3c2c1. The van der Waals surface area contributed by atoms with Gasteiger partial charge in [0, 0.05) is 10.8 Å². The molecule has 98 valence electrons. The molecule has 19 heavy (non-hydrogen) atoms. The minimum absolute atomic E-state index is 0.247. The highest BCUT2D eigenvalue weighted by Crippen LogP contribution is 2.30. The highest BCUT2D eigenvalue weighted by molar-refractivity contribution is 7.83. The second kappa shape index (κ2) is 4.23. The maximum Gasteiger partial charge on any atom is 0.364 e. The Morgan fingerprint density at radius 3 is 2.58 bits per heavy atom. The molecule has 0 atom stereocenters. The fourth-order valence-corrected chi connectivity index (χ4v) is 2.07. The molecule has 6 nitrogen and oxygen atoms in total. The van der Waals surface area contributed by atoms with Crippen LogP contribution in [0.3, 0.4) is 0 Å². The molecular weight excluding hydrogens is 270 g/mol. The molecule has 2 aromatic carbocycles. The summed E-state index contributed by atoms with van der Waals surface area (Å²) in [4.78, 5) is 6.31. The standard InChI is InChI=1S/C12H9NO5S/c14-19(15,16)13-18-8-5-6-12-10(7-8)9-3-1-2-4-11(9)17-12/h1-7,13H,(H,14,15,16). The van der Waals surface area contributed by atoms with Crippen molar-refractivity contribution in [1.29, 1.82) is 0 Å². The van der Waals surface area contributed by atoms with Gasteiger partial charge in [-0.15, -0.1) is 0 Å². The first-order valence-electron chi connectivity index (χ1n) is 5.35. The molecule has 0 aliphatic heterocycles. The molecule has 1 heterocycles. The Morgan fingerprint density at radius 1 is 1.05 bits per heavy atom. The molecule has 0 radical (unpaired) electrons. The number of hydrogen-bond donors (Lipinski definition) is 2. The molecular formula is C12H9NO5S. The van der Waals surface area contributed by atoms with Gasteiger partial charge in [0.2, 0.25) is 0 Å². The molecule has 0 unspecified atom stereocenters. The lowest BCUT2D eigenvalue weighted by atomic mass is 10.1. The molecule has 0 saturated heterocycles. The van der Waals surface area contributed by atoms with Crippen LogP contribution < -0.4 is 9.72 Å². The second-order valence-corrected chi connectivity index (χ2v) is 5.03. The van der Waals surface area contributed by atoms with Crippen molar-refractivity contribution in [3.05, 3.63) is 42.5 Å². The van der Waals surface area contributed by atoms with Crippen molar-refractivity contribution in [3.8, 4) is 5.75 Å². The summed E-state index contributed by atoms with van der Waals surface area (Å²) in [6.45, 7) is 0. The van der Waals surface area contributed by atoms with E-state index in [0.717, 1.165) is 16.4 Å². The molecule has 1 aromatic heterocycles. The summed E-state index contributed by atoms with van der Waals surface area (Å²) in [6, 6.07) is 12.3. The van der Waals surface area contributed by atoms with Gasteiger partial charge in [0.05, 0.1) is 0 Å². The molecule has 0 aliphatic carbocycles. The van der Waals surface area contributed by atoms with E-state index in [1.165, 1.54) is 6.07 Å². The number of fused-ring (bicyclic) bond motifs is 3. The minimum atomic E-state index is -4.40. The summed E-state index contributed by atoms with van der Waals surface area (Å²) >= 11 is 0. The van der Waals surface area contributed by atoms with Crippen molar-refractivity contribution < 1.29 is 22.2 Å². The Kier molecular flexibility index (Phi) is 2.67. The molecule has 0 aliphatic rings. The van der Waals surface area contributed by atoms with Crippen LogP contribution in [-0.4, -0.2) is 13.0 Å². The highest BCUT2D eigenvalue weighted by Gasteiger charge is 2.09. The summed E-state index contributed by atoms with van der Waals surface area (Å²) < 4.78 is 35.2. The van der Waals surface area contributed by atoms with E-state index in [-0.39, 0.29) is 5.75 Å². The van der Waals surface area contributed by atoms with Crippen molar-refractivity contribution >= 4 is 32.2 Å². The van der Waals surface area contributed by atoms with Gasteiger partial charge in [0.1, 0.15) is 16.9 Å². The number of para-hydroxylation sites is 1. The van der Waals surface area contributed by atoms with Crippen LogP contribution in [0, 0.1) is 0 Å². The van der Waals surface area contributed by atoms with Gasteiger partial charge in [-0.2, -0.15) is 8.42 Å². The van der Waals surface area contributed by atoms with Crippen LogP contribution in [0.15, 0.2) is 46.9 Å². The molecule has 3 aromatic rings. The first kappa shape index (κ1) is 12.0. The molecule has 0 bridgehead atoms. The Bertz CT molecular complexity index is 853. The Labute approximate surface area is 108 Å². The Morgan fingerprint density at radius 2 is 1.79 bits per heavy atom.